The Balaban J connectivity index is 1.67. The van der Waals surface area contributed by atoms with Crippen molar-refractivity contribution in [1.82, 2.24) is 15.2 Å². The van der Waals surface area contributed by atoms with Crippen molar-refractivity contribution in [2.75, 3.05) is 23.3 Å². The van der Waals surface area contributed by atoms with Crippen LogP contribution in [0.5, 0.6) is 0 Å². The van der Waals surface area contributed by atoms with Gasteiger partial charge < -0.3 is 10.2 Å². The number of carbonyl (C=O) groups is 1. The molecular weight excluding hydrogens is 338 g/mol. The van der Waals surface area contributed by atoms with E-state index in [1.54, 1.807) is 12.4 Å². The monoisotopic (exact) mass is 361 g/mol. The molecule has 1 aliphatic rings. The van der Waals surface area contributed by atoms with Crippen molar-refractivity contribution in [3.63, 3.8) is 0 Å². The summed E-state index contributed by atoms with van der Waals surface area (Å²) in [5, 5.41) is 10.1. The normalized spacial score (nSPS) is 14.2. The molecule has 0 spiro atoms. The summed E-state index contributed by atoms with van der Waals surface area (Å²) in [7, 11) is 0. The molecule has 6 heteroatoms. The number of benzene rings is 1. The molecular formula is C21H23N5O. The number of piperidine rings is 1. The number of rotatable bonds is 4. The van der Waals surface area contributed by atoms with Crippen LogP contribution in [-0.4, -0.2) is 34.2 Å². The van der Waals surface area contributed by atoms with Crippen LogP contribution >= 0.6 is 0 Å². The number of hydrogen-bond donors (Lipinski definition) is 2. The molecule has 1 aromatic carbocycles. The first-order valence-electron chi connectivity index (χ1n) is 9.35. The summed E-state index contributed by atoms with van der Waals surface area (Å²) in [6.07, 6.45) is 7.00. The highest BCUT2D eigenvalue weighted by Crippen LogP contribution is 2.29. The van der Waals surface area contributed by atoms with Gasteiger partial charge in [0.15, 0.2) is 0 Å². The van der Waals surface area contributed by atoms with Crippen molar-refractivity contribution < 1.29 is 4.79 Å². The number of pyridine rings is 1. The Morgan fingerprint density at radius 1 is 1.07 bits per heavy atom. The Morgan fingerprint density at radius 3 is 2.67 bits per heavy atom. The van der Waals surface area contributed by atoms with Crippen molar-refractivity contribution >= 4 is 17.4 Å². The Bertz CT molecular complexity index is 930. The van der Waals surface area contributed by atoms with Gasteiger partial charge in [-0.1, -0.05) is 18.2 Å². The molecule has 138 valence electrons. The van der Waals surface area contributed by atoms with E-state index in [0.29, 0.717) is 5.56 Å². The fourth-order valence-corrected chi connectivity index (χ4v) is 3.59. The van der Waals surface area contributed by atoms with E-state index in [2.05, 4.69) is 25.4 Å². The zero-order chi connectivity index (χ0) is 18.6. The number of aromatic amines is 1. The van der Waals surface area contributed by atoms with Crippen molar-refractivity contribution in [2.45, 2.75) is 26.2 Å². The largest absolute Gasteiger partial charge is 0.356 e. The van der Waals surface area contributed by atoms with Gasteiger partial charge in [-0.15, -0.1) is 0 Å². The molecule has 2 N–H and O–H groups in total. The Labute approximate surface area is 158 Å². The smallest absolute Gasteiger partial charge is 0.259 e. The summed E-state index contributed by atoms with van der Waals surface area (Å²) in [6, 6.07) is 11.5. The average Bonchev–Trinajstić information content (AvgIpc) is 3.23. The number of nitrogens with zero attached hydrogens (tertiary/aromatic N) is 3. The third kappa shape index (κ3) is 3.56. The molecule has 3 aromatic rings. The molecule has 1 fully saturated rings. The lowest BCUT2D eigenvalue weighted by Gasteiger charge is -2.29. The van der Waals surface area contributed by atoms with Crippen LogP contribution in [-0.2, 0) is 0 Å². The van der Waals surface area contributed by atoms with Gasteiger partial charge in [0.25, 0.3) is 5.91 Å². The first kappa shape index (κ1) is 17.3. The van der Waals surface area contributed by atoms with Crippen LogP contribution in [0.2, 0.25) is 0 Å². The molecule has 0 aliphatic carbocycles. The third-order valence-electron chi connectivity index (χ3n) is 4.99. The van der Waals surface area contributed by atoms with Gasteiger partial charge >= 0.3 is 0 Å². The maximum atomic E-state index is 13.2. The number of carbonyl (C=O) groups excluding carboxylic acids is 1. The molecule has 27 heavy (non-hydrogen) atoms. The molecule has 6 nitrogen and oxygen atoms in total. The van der Waals surface area contributed by atoms with Gasteiger partial charge in [0.05, 0.1) is 16.9 Å². The van der Waals surface area contributed by atoms with E-state index in [4.69, 9.17) is 0 Å². The minimum absolute atomic E-state index is 0.131. The van der Waals surface area contributed by atoms with Gasteiger partial charge in [-0.3, -0.25) is 9.89 Å². The van der Waals surface area contributed by atoms with E-state index in [1.807, 2.05) is 43.3 Å². The highest BCUT2D eigenvalue weighted by atomic mass is 16.1. The first-order valence-corrected chi connectivity index (χ1v) is 9.35. The second-order valence-corrected chi connectivity index (χ2v) is 6.84. The summed E-state index contributed by atoms with van der Waals surface area (Å²) >= 11 is 0. The van der Waals surface area contributed by atoms with E-state index in [1.165, 1.54) is 6.42 Å². The molecule has 1 amide bonds. The lowest BCUT2D eigenvalue weighted by Crippen LogP contribution is -2.32. The number of hydrogen-bond acceptors (Lipinski definition) is 4. The molecule has 3 heterocycles. The number of anilines is 2. The average molecular weight is 361 g/mol. The lowest BCUT2D eigenvalue weighted by molar-refractivity contribution is 0.102. The molecule has 1 aliphatic heterocycles. The van der Waals surface area contributed by atoms with Crippen LogP contribution in [0, 0.1) is 6.92 Å². The third-order valence-corrected chi connectivity index (χ3v) is 4.99. The highest BCUT2D eigenvalue weighted by molar-refractivity contribution is 6.10. The predicted octanol–water partition coefficient (Wildman–Crippen LogP) is 4.02. The highest BCUT2D eigenvalue weighted by Gasteiger charge is 2.22. The van der Waals surface area contributed by atoms with Crippen LogP contribution in [0.3, 0.4) is 0 Å². The Kier molecular flexibility index (Phi) is 4.87. The van der Waals surface area contributed by atoms with Gasteiger partial charge in [-0.05, 0) is 49.9 Å². The molecule has 0 atom stereocenters. The first-order chi connectivity index (χ1) is 13.2. The molecule has 0 bridgehead atoms. The summed E-state index contributed by atoms with van der Waals surface area (Å²) in [5.74, 6) is 0.652. The van der Waals surface area contributed by atoms with E-state index in [9.17, 15) is 4.79 Å². The number of aromatic nitrogens is 3. The minimum atomic E-state index is -0.131. The second-order valence-electron chi connectivity index (χ2n) is 6.84. The zero-order valence-corrected chi connectivity index (χ0v) is 15.4. The van der Waals surface area contributed by atoms with Gasteiger partial charge in [-0.25, -0.2) is 4.98 Å². The Morgan fingerprint density at radius 2 is 1.89 bits per heavy atom. The fourth-order valence-electron chi connectivity index (χ4n) is 3.59. The number of aryl methyl sites for hydroxylation is 1. The van der Waals surface area contributed by atoms with Crippen LogP contribution in [0.25, 0.3) is 11.3 Å². The molecule has 0 unspecified atom stereocenters. The quantitative estimate of drug-likeness (QED) is 0.736. The van der Waals surface area contributed by atoms with Crippen LogP contribution in [0.1, 0.15) is 35.2 Å². The second kappa shape index (κ2) is 7.61. The topological polar surface area (TPSA) is 73.9 Å². The fraction of sp³-hybridized carbons (Fsp3) is 0.286. The molecule has 4 rings (SSSR count). The van der Waals surface area contributed by atoms with Crippen molar-refractivity contribution in [2.24, 2.45) is 0 Å². The van der Waals surface area contributed by atoms with Gasteiger partial charge in [-0.2, -0.15) is 5.10 Å². The van der Waals surface area contributed by atoms with Crippen molar-refractivity contribution in [3.05, 3.63) is 59.9 Å². The standard InChI is InChI=1S/C21H23N5O/c1-15-9-11-22-20(26-13-5-2-6-14-26)19(15)21(27)24-17-8-4-3-7-16(17)18-10-12-23-25-18/h3-4,7-12H,2,5-6,13-14H2,1H3,(H,23,25)(H,24,27). The van der Waals surface area contributed by atoms with Gasteiger partial charge in [0.1, 0.15) is 5.82 Å². The SMILES string of the molecule is Cc1ccnc(N2CCCCC2)c1C(=O)Nc1ccccc1-c1ccn[nH]1. The van der Waals surface area contributed by atoms with Crippen molar-refractivity contribution in [1.29, 1.82) is 0 Å². The molecule has 1 saturated heterocycles. The van der Waals surface area contributed by atoms with Crippen LogP contribution in [0.4, 0.5) is 11.5 Å². The zero-order valence-electron chi connectivity index (χ0n) is 15.4. The molecule has 0 saturated carbocycles. The minimum Gasteiger partial charge on any atom is -0.356 e. The summed E-state index contributed by atoms with van der Waals surface area (Å²) < 4.78 is 0. The van der Waals surface area contributed by atoms with E-state index in [0.717, 1.165) is 54.3 Å². The molecule has 0 radical (unpaired) electrons. The number of amides is 1. The van der Waals surface area contributed by atoms with E-state index in [-0.39, 0.29) is 5.91 Å². The van der Waals surface area contributed by atoms with Crippen LogP contribution in [0.15, 0.2) is 48.8 Å². The maximum Gasteiger partial charge on any atom is 0.259 e. The number of H-pyrrole nitrogens is 1. The van der Waals surface area contributed by atoms with E-state index >= 15 is 0 Å². The summed E-state index contributed by atoms with van der Waals surface area (Å²) in [6.45, 7) is 3.85. The molecule has 2 aromatic heterocycles. The van der Waals surface area contributed by atoms with E-state index < -0.39 is 0 Å². The number of nitrogens with one attached hydrogen (secondary N) is 2. The van der Waals surface area contributed by atoms with Crippen LogP contribution < -0.4 is 10.2 Å². The summed E-state index contributed by atoms with van der Waals surface area (Å²) in [5.41, 5.74) is 4.11. The lowest BCUT2D eigenvalue weighted by atomic mass is 10.1. The van der Waals surface area contributed by atoms with Gasteiger partial charge in [0.2, 0.25) is 0 Å². The maximum absolute atomic E-state index is 13.2. The van der Waals surface area contributed by atoms with Gasteiger partial charge in [0, 0.05) is 31.0 Å². The van der Waals surface area contributed by atoms with Crippen molar-refractivity contribution in [3.8, 4) is 11.3 Å². The number of para-hydroxylation sites is 1. The summed E-state index contributed by atoms with van der Waals surface area (Å²) in [4.78, 5) is 20.0. The predicted molar refractivity (Wildman–Crippen MR) is 107 cm³/mol. The Hall–Kier alpha value is -3.15.